The van der Waals surface area contributed by atoms with Gasteiger partial charge in [-0.3, -0.25) is 4.79 Å². The number of carbonyl (C=O) groups excluding carboxylic acids is 1. The van der Waals surface area contributed by atoms with E-state index in [2.05, 4.69) is 26.5 Å². The molecule has 4 saturated carbocycles. The van der Waals surface area contributed by atoms with Crippen LogP contribution in [0.4, 0.5) is 0 Å². The normalized spacial score (nSPS) is 54.2. The first-order valence-electron chi connectivity index (χ1n) is 9.69. The second kappa shape index (κ2) is 5.26. The molecule has 7 atom stereocenters. The van der Waals surface area contributed by atoms with Crippen LogP contribution in [-0.4, -0.2) is 5.12 Å². The SMILES string of the molecule is C[C@]12CCCC[C@@H]1CC[C@@H]1[C@@H]2CC[C@]2(C)C(C(=O)S)CC[C@@H]12. The molecule has 0 heterocycles. The van der Waals surface area contributed by atoms with Crippen LogP contribution in [0.2, 0.25) is 0 Å². The minimum atomic E-state index is 0.168. The summed E-state index contributed by atoms with van der Waals surface area (Å²) in [7, 11) is 0. The molecule has 0 aromatic rings. The van der Waals surface area contributed by atoms with Gasteiger partial charge in [-0.1, -0.05) is 26.7 Å². The third-order valence-corrected chi connectivity index (χ3v) is 9.19. The summed E-state index contributed by atoms with van der Waals surface area (Å²) in [4.78, 5) is 12.0. The van der Waals surface area contributed by atoms with Crippen molar-refractivity contribution in [2.75, 3.05) is 0 Å². The Hall–Kier alpha value is 0.0200. The van der Waals surface area contributed by atoms with Crippen LogP contribution in [0.1, 0.15) is 78.1 Å². The van der Waals surface area contributed by atoms with Crippen molar-refractivity contribution in [3.8, 4) is 0 Å². The average molecular weight is 321 g/mol. The lowest BCUT2D eigenvalue weighted by Crippen LogP contribution is -2.53. The minimum absolute atomic E-state index is 0.168. The Bertz CT molecular complexity index is 474. The molecule has 0 aromatic carbocycles. The standard InChI is InChI=1S/C20H32OS/c1-19-11-4-3-5-13(19)6-7-14-15-8-9-17(18(21)22)20(15,2)12-10-16(14)19/h13-17H,3-12H2,1-2H3,(H,21,22)/t13-,14+,15+,16+,17?,19+,20+/m1/s1. The first-order chi connectivity index (χ1) is 10.5. The maximum Gasteiger partial charge on any atom is 0.189 e. The van der Waals surface area contributed by atoms with Gasteiger partial charge < -0.3 is 0 Å². The van der Waals surface area contributed by atoms with E-state index >= 15 is 0 Å². The van der Waals surface area contributed by atoms with E-state index in [-0.39, 0.29) is 16.4 Å². The molecule has 0 spiro atoms. The van der Waals surface area contributed by atoms with Gasteiger partial charge in [0.1, 0.15) is 0 Å². The van der Waals surface area contributed by atoms with Gasteiger partial charge >= 0.3 is 0 Å². The Labute approximate surface area is 141 Å². The zero-order valence-corrected chi connectivity index (χ0v) is 15.2. The van der Waals surface area contributed by atoms with Crippen LogP contribution in [0, 0.1) is 40.4 Å². The number of carbonyl (C=O) groups is 1. The smallest absolute Gasteiger partial charge is 0.189 e. The molecule has 0 aliphatic heterocycles. The number of fused-ring (bicyclic) bond motifs is 5. The monoisotopic (exact) mass is 320 g/mol. The highest BCUT2D eigenvalue weighted by Crippen LogP contribution is 2.67. The average Bonchev–Trinajstić information content (AvgIpc) is 2.84. The summed E-state index contributed by atoms with van der Waals surface area (Å²) in [5.74, 6) is 3.87. The van der Waals surface area contributed by atoms with E-state index in [4.69, 9.17) is 0 Å². The van der Waals surface area contributed by atoms with Crippen LogP contribution in [-0.2, 0) is 4.79 Å². The van der Waals surface area contributed by atoms with Crippen molar-refractivity contribution in [1.29, 1.82) is 0 Å². The Morgan fingerprint density at radius 1 is 0.864 bits per heavy atom. The summed E-state index contributed by atoms with van der Waals surface area (Å²) in [6, 6.07) is 0. The van der Waals surface area contributed by atoms with Crippen LogP contribution < -0.4 is 0 Å². The molecule has 0 saturated heterocycles. The minimum Gasteiger partial charge on any atom is -0.287 e. The Morgan fingerprint density at radius 3 is 2.41 bits per heavy atom. The topological polar surface area (TPSA) is 17.1 Å². The molecule has 1 unspecified atom stereocenters. The highest BCUT2D eigenvalue weighted by molar-refractivity contribution is 7.96. The van der Waals surface area contributed by atoms with E-state index in [0.717, 1.165) is 30.1 Å². The van der Waals surface area contributed by atoms with Gasteiger partial charge in [0.15, 0.2) is 5.12 Å². The zero-order valence-electron chi connectivity index (χ0n) is 14.3. The van der Waals surface area contributed by atoms with Crippen LogP contribution in [0.5, 0.6) is 0 Å². The fourth-order valence-electron chi connectivity index (χ4n) is 7.70. The summed E-state index contributed by atoms with van der Waals surface area (Å²) in [5, 5.41) is 0.168. The summed E-state index contributed by atoms with van der Waals surface area (Å²) < 4.78 is 0. The van der Waals surface area contributed by atoms with Gasteiger partial charge in [0, 0.05) is 5.92 Å². The van der Waals surface area contributed by atoms with Gasteiger partial charge in [-0.05, 0) is 85.9 Å². The largest absolute Gasteiger partial charge is 0.287 e. The molecule has 4 aliphatic carbocycles. The Balaban J connectivity index is 1.63. The van der Waals surface area contributed by atoms with E-state index in [9.17, 15) is 4.79 Å². The molecule has 1 nitrogen and oxygen atoms in total. The summed E-state index contributed by atoms with van der Waals surface area (Å²) in [6.07, 6.45) is 13.8. The molecule has 0 N–H and O–H groups in total. The first-order valence-corrected chi connectivity index (χ1v) is 10.1. The highest BCUT2D eigenvalue weighted by atomic mass is 32.1. The van der Waals surface area contributed by atoms with Crippen molar-refractivity contribution in [2.45, 2.75) is 78.1 Å². The molecule has 0 amide bonds. The van der Waals surface area contributed by atoms with Gasteiger partial charge in [0.05, 0.1) is 0 Å². The lowest BCUT2D eigenvalue weighted by atomic mass is 9.45. The van der Waals surface area contributed by atoms with Crippen LogP contribution in [0.15, 0.2) is 0 Å². The van der Waals surface area contributed by atoms with E-state index in [1.165, 1.54) is 57.8 Å². The number of hydrogen-bond donors (Lipinski definition) is 1. The first kappa shape index (κ1) is 15.5. The summed E-state index contributed by atoms with van der Waals surface area (Å²) >= 11 is 4.23. The summed E-state index contributed by atoms with van der Waals surface area (Å²) in [5.41, 5.74) is 0.878. The Kier molecular flexibility index (Phi) is 3.72. The fraction of sp³-hybridized carbons (Fsp3) is 0.950. The van der Waals surface area contributed by atoms with Crippen molar-refractivity contribution in [3.63, 3.8) is 0 Å². The lowest BCUT2D eigenvalue weighted by molar-refractivity contribution is -0.128. The third-order valence-electron chi connectivity index (χ3n) is 8.88. The van der Waals surface area contributed by atoms with Crippen LogP contribution in [0.3, 0.4) is 0 Å². The second-order valence-electron chi connectivity index (χ2n) is 9.42. The maximum atomic E-state index is 12.0. The molecule has 4 fully saturated rings. The van der Waals surface area contributed by atoms with Gasteiger partial charge in [0.25, 0.3) is 0 Å². The van der Waals surface area contributed by atoms with Crippen molar-refractivity contribution in [2.24, 2.45) is 40.4 Å². The molecule has 4 aliphatic rings. The van der Waals surface area contributed by atoms with Crippen LogP contribution >= 0.6 is 12.6 Å². The molecule has 0 aromatic heterocycles. The second-order valence-corrected chi connectivity index (χ2v) is 9.86. The fourth-order valence-corrected chi connectivity index (χ4v) is 8.12. The van der Waals surface area contributed by atoms with Crippen molar-refractivity contribution in [3.05, 3.63) is 0 Å². The maximum absolute atomic E-state index is 12.0. The van der Waals surface area contributed by atoms with E-state index in [1.54, 1.807) is 0 Å². The number of rotatable bonds is 1. The predicted molar refractivity (Wildman–Crippen MR) is 93.8 cm³/mol. The van der Waals surface area contributed by atoms with E-state index in [1.807, 2.05) is 0 Å². The number of thiol groups is 1. The van der Waals surface area contributed by atoms with Crippen molar-refractivity contribution < 1.29 is 4.79 Å². The quantitative estimate of drug-likeness (QED) is 0.632. The third kappa shape index (κ3) is 2.01. The van der Waals surface area contributed by atoms with E-state index in [0.29, 0.717) is 5.41 Å². The molecule has 22 heavy (non-hydrogen) atoms. The van der Waals surface area contributed by atoms with Crippen molar-refractivity contribution >= 4 is 17.7 Å². The molecule has 0 bridgehead atoms. The molecule has 0 radical (unpaired) electrons. The van der Waals surface area contributed by atoms with Crippen LogP contribution in [0.25, 0.3) is 0 Å². The molecule has 2 heteroatoms. The van der Waals surface area contributed by atoms with Gasteiger partial charge in [0.2, 0.25) is 0 Å². The number of hydrogen-bond acceptors (Lipinski definition) is 1. The van der Waals surface area contributed by atoms with Gasteiger partial charge in [-0.2, -0.15) is 0 Å². The lowest BCUT2D eigenvalue weighted by Gasteiger charge is -2.60. The Morgan fingerprint density at radius 2 is 1.64 bits per heavy atom. The zero-order chi connectivity index (χ0) is 15.5. The molecule has 124 valence electrons. The van der Waals surface area contributed by atoms with Gasteiger partial charge in [-0.25, -0.2) is 0 Å². The molecule has 4 rings (SSSR count). The predicted octanol–water partition coefficient (Wildman–Crippen LogP) is 5.49. The van der Waals surface area contributed by atoms with Crippen molar-refractivity contribution in [1.82, 2.24) is 0 Å². The highest BCUT2D eigenvalue weighted by Gasteiger charge is 2.60. The van der Waals surface area contributed by atoms with Gasteiger partial charge in [-0.15, -0.1) is 12.6 Å². The van der Waals surface area contributed by atoms with E-state index < -0.39 is 0 Å². The molecular weight excluding hydrogens is 288 g/mol. The summed E-state index contributed by atoms with van der Waals surface area (Å²) in [6.45, 7) is 5.06. The molecular formula is C20H32OS.